The molecule has 2 aromatic carbocycles. The van der Waals surface area contributed by atoms with Crippen LogP contribution in [-0.4, -0.2) is 25.6 Å². The third-order valence-electron chi connectivity index (χ3n) is 5.39. The second-order valence-electron chi connectivity index (χ2n) is 7.58. The number of aromatic amines is 1. The number of hydrogen-bond donors (Lipinski definition) is 1. The van der Waals surface area contributed by atoms with E-state index in [9.17, 15) is 0 Å². The smallest absolute Gasteiger partial charge is 0.148 e. The molecule has 0 aliphatic rings. The van der Waals surface area contributed by atoms with E-state index in [0.717, 1.165) is 47.4 Å². The monoisotopic (exact) mass is 401 g/mol. The lowest BCUT2D eigenvalue weighted by molar-refractivity contribution is 0.301. The van der Waals surface area contributed by atoms with Crippen molar-refractivity contribution in [2.24, 2.45) is 0 Å². The molecule has 0 spiro atoms. The fraction of sp³-hybridized carbons (Fsp3) is 0.333. The second kappa shape index (κ2) is 9.96. The highest BCUT2D eigenvalue weighted by molar-refractivity contribution is 5.78. The molecule has 0 aliphatic carbocycles. The van der Waals surface area contributed by atoms with Crippen molar-refractivity contribution in [2.75, 3.05) is 0 Å². The Balaban J connectivity index is 1.34. The van der Waals surface area contributed by atoms with E-state index < -0.39 is 0 Å². The Kier molecular flexibility index (Phi) is 6.65. The molecule has 0 radical (unpaired) electrons. The average Bonchev–Trinajstić information content (AvgIpc) is 3.31. The highest BCUT2D eigenvalue weighted by Gasteiger charge is 2.12. The van der Waals surface area contributed by atoms with Gasteiger partial charge in [0.25, 0.3) is 0 Å². The highest BCUT2D eigenvalue weighted by atomic mass is 16.5. The first-order valence-electron chi connectivity index (χ1n) is 10.6. The molecule has 1 atom stereocenters. The normalized spacial score (nSPS) is 12.2. The summed E-state index contributed by atoms with van der Waals surface area (Å²) in [6.07, 6.45) is 5.41. The van der Waals surface area contributed by atoms with Gasteiger partial charge < -0.3 is 4.74 Å². The van der Waals surface area contributed by atoms with E-state index in [2.05, 4.69) is 68.9 Å². The summed E-state index contributed by atoms with van der Waals surface area (Å²) in [7, 11) is 0. The van der Waals surface area contributed by atoms with Gasteiger partial charge in [-0.3, -0.25) is 0 Å². The summed E-state index contributed by atoms with van der Waals surface area (Å²) >= 11 is 0. The van der Waals surface area contributed by atoms with Crippen LogP contribution in [0, 0.1) is 0 Å². The average molecular weight is 402 g/mol. The molecular formula is C24H27N5O. The lowest BCUT2D eigenvalue weighted by Gasteiger charge is -2.17. The Morgan fingerprint density at radius 3 is 2.63 bits per heavy atom. The number of pyridine rings is 1. The molecule has 0 aliphatic heterocycles. The van der Waals surface area contributed by atoms with Crippen LogP contribution in [-0.2, 0) is 13.0 Å². The van der Waals surface area contributed by atoms with Gasteiger partial charge in [0.05, 0.1) is 11.2 Å². The number of aryl methyl sites for hydroxylation is 1. The number of ether oxygens (including phenoxy) is 1. The SMILES string of the molecule is CCCC(CCCc1nnn[nH]1)c1ccc(OCc2ccc3ccccc3n2)cc1. The number of para-hydroxylation sites is 1. The zero-order valence-electron chi connectivity index (χ0n) is 17.3. The number of H-pyrrole nitrogens is 1. The summed E-state index contributed by atoms with van der Waals surface area (Å²) in [5.74, 6) is 2.27. The summed E-state index contributed by atoms with van der Waals surface area (Å²) in [6.45, 7) is 2.70. The lowest BCUT2D eigenvalue weighted by atomic mass is 9.89. The van der Waals surface area contributed by atoms with E-state index in [1.807, 2.05) is 24.3 Å². The molecule has 6 heteroatoms. The Morgan fingerprint density at radius 2 is 1.83 bits per heavy atom. The molecule has 0 amide bonds. The molecule has 0 saturated heterocycles. The van der Waals surface area contributed by atoms with E-state index in [-0.39, 0.29) is 0 Å². The van der Waals surface area contributed by atoms with Crippen LogP contribution in [0.2, 0.25) is 0 Å². The molecule has 0 saturated carbocycles. The van der Waals surface area contributed by atoms with Crippen molar-refractivity contribution in [3.05, 3.63) is 77.7 Å². The van der Waals surface area contributed by atoms with Crippen LogP contribution in [0.15, 0.2) is 60.7 Å². The van der Waals surface area contributed by atoms with E-state index in [4.69, 9.17) is 4.74 Å². The highest BCUT2D eigenvalue weighted by Crippen LogP contribution is 2.28. The van der Waals surface area contributed by atoms with Crippen LogP contribution >= 0.6 is 0 Å². The van der Waals surface area contributed by atoms with Gasteiger partial charge >= 0.3 is 0 Å². The topological polar surface area (TPSA) is 76.6 Å². The largest absolute Gasteiger partial charge is 0.487 e. The van der Waals surface area contributed by atoms with Gasteiger partial charge in [-0.2, -0.15) is 0 Å². The summed E-state index contributed by atoms with van der Waals surface area (Å²) < 4.78 is 5.98. The Hall–Kier alpha value is -3.28. The molecule has 2 aromatic heterocycles. The van der Waals surface area contributed by atoms with E-state index in [1.165, 1.54) is 18.4 Å². The van der Waals surface area contributed by atoms with E-state index >= 15 is 0 Å². The maximum atomic E-state index is 5.98. The number of benzene rings is 2. The van der Waals surface area contributed by atoms with Crippen molar-refractivity contribution in [2.45, 2.75) is 51.6 Å². The van der Waals surface area contributed by atoms with Gasteiger partial charge in [0, 0.05) is 11.8 Å². The third-order valence-corrected chi connectivity index (χ3v) is 5.39. The zero-order chi connectivity index (χ0) is 20.6. The Labute approximate surface area is 176 Å². The third kappa shape index (κ3) is 5.20. The van der Waals surface area contributed by atoms with Gasteiger partial charge in [0.2, 0.25) is 0 Å². The number of nitrogens with zero attached hydrogens (tertiary/aromatic N) is 4. The minimum Gasteiger partial charge on any atom is -0.487 e. The predicted octanol–water partition coefficient (Wildman–Crippen LogP) is 5.23. The van der Waals surface area contributed by atoms with Crippen molar-refractivity contribution in [3.8, 4) is 5.75 Å². The van der Waals surface area contributed by atoms with E-state index in [1.54, 1.807) is 0 Å². The quantitative estimate of drug-likeness (QED) is 0.393. The van der Waals surface area contributed by atoms with Crippen LogP contribution in [0.4, 0.5) is 0 Å². The molecule has 1 unspecified atom stereocenters. The molecule has 6 nitrogen and oxygen atoms in total. The van der Waals surface area contributed by atoms with Gasteiger partial charge in [-0.15, -0.1) is 5.10 Å². The summed E-state index contributed by atoms with van der Waals surface area (Å²) in [5, 5.41) is 15.2. The molecule has 1 N–H and O–H groups in total. The summed E-state index contributed by atoms with van der Waals surface area (Å²) in [6, 6.07) is 20.8. The minimum atomic E-state index is 0.466. The van der Waals surface area contributed by atoms with Crippen molar-refractivity contribution in [1.29, 1.82) is 0 Å². The zero-order valence-corrected chi connectivity index (χ0v) is 17.3. The Bertz CT molecular complexity index is 1050. The molecule has 0 fully saturated rings. The summed E-state index contributed by atoms with van der Waals surface area (Å²) in [4.78, 5) is 4.67. The fourth-order valence-electron chi connectivity index (χ4n) is 3.81. The van der Waals surface area contributed by atoms with Crippen molar-refractivity contribution in [1.82, 2.24) is 25.6 Å². The van der Waals surface area contributed by atoms with Crippen molar-refractivity contribution in [3.63, 3.8) is 0 Å². The number of aromatic nitrogens is 5. The number of hydrogen-bond acceptors (Lipinski definition) is 5. The first-order chi connectivity index (χ1) is 14.8. The first kappa shape index (κ1) is 20.0. The number of fused-ring (bicyclic) bond motifs is 1. The maximum absolute atomic E-state index is 5.98. The van der Waals surface area contributed by atoms with Gasteiger partial charge in [-0.05, 0) is 65.4 Å². The molecule has 4 rings (SSSR count). The second-order valence-corrected chi connectivity index (χ2v) is 7.58. The molecular weight excluding hydrogens is 374 g/mol. The number of rotatable bonds is 10. The minimum absolute atomic E-state index is 0.466. The Morgan fingerprint density at radius 1 is 0.967 bits per heavy atom. The van der Waals surface area contributed by atoms with Gasteiger partial charge in [0.15, 0.2) is 0 Å². The van der Waals surface area contributed by atoms with Crippen LogP contribution in [0.5, 0.6) is 5.75 Å². The standard InChI is InChI=1S/C24H27N5O/c1-2-6-18(8-5-10-24-26-28-29-27-24)19-12-15-22(16-13-19)30-17-21-14-11-20-7-3-4-9-23(20)25-21/h3-4,7,9,11-16,18H,2,5-6,8,10,17H2,1H3,(H,26,27,28,29). The molecule has 154 valence electrons. The molecule has 30 heavy (non-hydrogen) atoms. The van der Waals surface area contributed by atoms with Crippen LogP contribution in [0.25, 0.3) is 10.9 Å². The number of nitrogens with one attached hydrogen (secondary N) is 1. The lowest BCUT2D eigenvalue weighted by Crippen LogP contribution is -2.02. The van der Waals surface area contributed by atoms with Crippen molar-refractivity contribution < 1.29 is 4.74 Å². The maximum Gasteiger partial charge on any atom is 0.148 e. The molecule has 0 bridgehead atoms. The predicted molar refractivity (Wildman–Crippen MR) is 117 cm³/mol. The van der Waals surface area contributed by atoms with E-state index in [0.29, 0.717) is 12.5 Å². The van der Waals surface area contributed by atoms with Gasteiger partial charge in [-0.25, -0.2) is 10.1 Å². The first-order valence-corrected chi connectivity index (χ1v) is 10.6. The summed E-state index contributed by atoms with van der Waals surface area (Å²) in [5.41, 5.74) is 3.30. The number of tetrazole rings is 1. The molecule has 4 aromatic rings. The van der Waals surface area contributed by atoms with Crippen LogP contribution in [0.3, 0.4) is 0 Å². The molecule has 2 heterocycles. The van der Waals surface area contributed by atoms with Crippen LogP contribution in [0.1, 0.15) is 55.6 Å². The van der Waals surface area contributed by atoms with Crippen molar-refractivity contribution >= 4 is 10.9 Å². The fourth-order valence-corrected chi connectivity index (χ4v) is 3.81. The van der Waals surface area contributed by atoms with Gasteiger partial charge in [-0.1, -0.05) is 49.7 Å². The van der Waals surface area contributed by atoms with Crippen LogP contribution < -0.4 is 4.74 Å². The van der Waals surface area contributed by atoms with Gasteiger partial charge in [0.1, 0.15) is 18.2 Å².